The molecular weight excluding hydrogens is 380 g/mol. The number of likely N-dealkylation sites (tertiary alicyclic amines) is 1. The Labute approximate surface area is 169 Å². The van der Waals surface area contributed by atoms with Gasteiger partial charge in [-0.15, -0.1) is 11.3 Å². The number of rotatable bonds is 8. The van der Waals surface area contributed by atoms with Crippen molar-refractivity contribution in [3.63, 3.8) is 0 Å². The van der Waals surface area contributed by atoms with E-state index >= 15 is 0 Å². The van der Waals surface area contributed by atoms with Gasteiger partial charge >= 0.3 is 11.9 Å². The van der Waals surface area contributed by atoms with Gasteiger partial charge in [-0.3, -0.25) is 14.5 Å². The molecule has 0 radical (unpaired) electrons. The molecule has 7 nitrogen and oxygen atoms in total. The number of esters is 2. The molecule has 28 heavy (non-hydrogen) atoms. The van der Waals surface area contributed by atoms with Crippen molar-refractivity contribution >= 4 is 34.2 Å². The second kappa shape index (κ2) is 9.52. The van der Waals surface area contributed by atoms with E-state index in [1.807, 2.05) is 10.3 Å². The number of nitrogens with one attached hydrogen (secondary N) is 1. The number of ether oxygens (including phenoxy) is 2. The van der Waals surface area contributed by atoms with Crippen molar-refractivity contribution < 1.29 is 23.9 Å². The van der Waals surface area contributed by atoms with Crippen molar-refractivity contribution in [3.8, 4) is 0 Å². The normalized spacial score (nSPS) is 17.9. The molecule has 1 aliphatic heterocycles. The Morgan fingerprint density at radius 1 is 1.11 bits per heavy atom. The number of carbonyl (C=O) groups is 3. The van der Waals surface area contributed by atoms with Crippen molar-refractivity contribution in [1.29, 1.82) is 0 Å². The zero-order chi connectivity index (χ0) is 20.1. The first-order chi connectivity index (χ1) is 13.5. The molecule has 154 valence electrons. The van der Waals surface area contributed by atoms with Crippen LogP contribution in [0.5, 0.6) is 0 Å². The van der Waals surface area contributed by atoms with E-state index in [9.17, 15) is 14.4 Å². The van der Waals surface area contributed by atoms with Crippen molar-refractivity contribution in [3.05, 3.63) is 16.5 Å². The summed E-state index contributed by atoms with van der Waals surface area (Å²) in [5.74, 6) is -0.325. The van der Waals surface area contributed by atoms with E-state index in [1.165, 1.54) is 11.3 Å². The van der Waals surface area contributed by atoms with Crippen LogP contribution in [0, 0.1) is 5.92 Å². The van der Waals surface area contributed by atoms with Gasteiger partial charge in [-0.25, -0.2) is 4.79 Å². The van der Waals surface area contributed by atoms with Crippen molar-refractivity contribution in [2.45, 2.75) is 45.4 Å². The molecule has 3 rings (SSSR count). The number of hydrogen-bond acceptors (Lipinski definition) is 7. The third kappa shape index (κ3) is 5.11. The Morgan fingerprint density at radius 2 is 1.79 bits per heavy atom. The Hall–Kier alpha value is -1.93. The van der Waals surface area contributed by atoms with Crippen LogP contribution in [0.25, 0.3) is 0 Å². The predicted molar refractivity (Wildman–Crippen MR) is 107 cm³/mol. The maximum Gasteiger partial charge on any atom is 0.341 e. The third-order valence-corrected chi connectivity index (χ3v) is 6.06. The third-order valence-electron chi connectivity index (χ3n) is 5.14. The molecule has 0 unspecified atom stereocenters. The minimum atomic E-state index is -0.365. The van der Waals surface area contributed by atoms with E-state index in [1.54, 1.807) is 13.8 Å². The highest BCUT2D eigenvalue weighted by Gasteiger charge is 2.33. The summed E-state index contributed by atoms with van der Waals surface area (Å²) in [4.78, 5) is 38.8. The van der Waals surface area contributed by atoms with Gasteiger partial charge in [-0.1, -0.05) is 0 Å². The molecular formula is C20H28N2O5S. The Kier molecular flexibility index (Phi) is 7.07. The summed E-state index contributed by atoms with van der Waals surface area (Å²) in [5, 5.41) is 5.44. The van der Waals surface area contributed by atoms with E-state index in [2.05, 4.69) is 5.32 Å². The fourth-order valence-electron chi connectivity index (χ4n) is 3.53. The van der Waals surface area contributed by atoms with E-state index in [4.69, 9.17) is 9.47 Å². The van der Waals surface area contributed by atoms with Gasteiger partial charge in [-0.2, -0.15) is 0 Å². The van der Waals surface area contributed by atoms with Crippen LogP contribution in [-0.4, -0.2) is 55.6 Å². The maximum atomic E-state index is 12.5. The lowest BCUT2D eigenvalue weighted by molar-refractivity contribution is -0.149. The first-order valence-electron chi connectivity index (χ1n) is 10.0. The van der Waals surface area contributed by atoms with Crippen molar-refractivity contribution in [2.75, 3.05) is 38.2 Å². The lowest BCUT2D eigenvalue weighted by atomic mass is 9.97. The molecule has 2 aliphatic rings. The van der Waals surface area contributed by atoms with Gasteiger partial charge < -0.3 is 14.8 Å². The highest BCUT2D eigenvalue weighted by Crippen LogP contribution is 2.46. The van der Waals surface area contributed by atoms with Gasteiger partial charge in [0.1, 0.15) is 5.00 Å². The Morgan fingerprint density at radius 3 is 2.39 bits per heavy atom. The van der Waals surface area contributed by atoms with E-state index in [0.29, 0.717) is 55.6 Å². The smallest absolute Gasteiger partial charge is 0.341 e. The van der Waals surface area contributed by atoms with Crippen molar-refractivity contribution in [2.24, 2.45) is 5.92 Å². The van der Waals surface area contributed by atoms with Gasteiger partial charge in [0, 0.05) is 0 Å². The molecule has 1 N–H and O–H groups in total. The quantitative estimate of drug-likeness (QED) is 0.666. The number of nitrogens with zero attached hydrogens (tertiary/aromatic N) is 1. The van der Waals surface area contributed by atoms with Crippen LogP contribution in [0.4, 0.5) is 5.00 Å². The van der Waals surface area contributed by atoms with Crippen LogP contribution in [0.2, 0.25) is 0 Å². The molecule has 0 bridgehead atoms. The van der Waals surface area contributed by atoms with Crippen LogP contribution in [-0.2, 0) is 19.1 Å². The second-order valence-corrected chi connectivity index (χ2v) is 8.12. The molecule has 1 saturated heterocycles. The maximum absolute atomic E-state index is 12.5. The summed E-state index contributed by atoms with van der Waals surface area (Å²) in [7, 11) is 0. The average Bonchev–Trinajstić information content (AvgIpc) is 3.43. The summed E-state index contributed by atoms with van der Waals surface area (Å²) in [6, 6.07) is 0. The number of thiophene rings is 1. The largest absolute Gasteiger partial charge is 0.466 e. The molecule has 0 aromatic carbocycles. The van der Waals surface area contributed by atoms with Crippen LogP contribution in [0.1, 0.15) is 61.4 Å². The lowest BCUT2D eigenvalue weighted by Gasteiger charge is -2.30. The number of anilines is 1. The topological polar surface area (TPSA) is 84.9 Å². The van der Waals surface area contributed by atoms with Crippen LogP contribution < -0.4 is 5.32 Å². The summed E-state index contributed by atoms with van der Waals surface area (Å²) in [6.07, 6.45) is 3.55. The highest BCUT2D eigenvalue weighted by molar-refractivity contribution is 7.15. The monoisotopic (exact) mass is 408 g/mol. The van der Waals surface area contributed by atoms with Crippen LogP contribution in [0.15, 0.2) is 5.38 Å². The minimum Gasteiger partial charge on any atom is -0.466 e. The zero-order valence-corrected chi connectivity index (χ0v) is 17.3. The minimum absolute atomic E-state index is 0.0759. The molecule has 8 heteroatoms. The fraction of sp³-hybridized carbons (Fsp3) is 0.650. The zero-order valence-electron chi connectivity index (χ0n) is 16.5. The number of carbonyl (C=O) groups excluding carboxylic acids is 3. The van der Waals surface area contributed by atoms with Crippen LogP contribution >= 0.6 is 11.3 Å². The Bertz CT molecular complexity index is 720. The first-order valence-corrected chi connectivity index (χ1v) is 10.9. The molecule has 2 fully saturated rings. The van der Waals surface area contributed by atoms with Gasteiger partial charge in [-0.05, 0) is 69.5 Å². The summed E-state index contributed by atoms with van der Waals surface area (Å²) in [6.45, 7) is 5.89. The van der Waals surface area contributed by atoms with Gasteiger partial charge in [0.05, 0.1) is 31.2 Å². The number of piperidine rings is 1. The SMILES string of the molecule is CCOC(=O)c1c(C2CC2)csc1NC(=O)CN1CCC(C(=O)OCC)CC1. The molecule has 1 saturated carbocycles. The Balaban J connectivity index is 1.55. The molecule has 2 heterocycles. The number of hydrogen-bond donors (Lipinski definition) is 1. The summed E-state index contributed by atoms with van der Waals surface area (Å²) < 4.78 is 10.3. The molecule has 1 aromatic heterocycles. The molecule has 1 aliphatic carbocycles. The van der Waals surface area contributed by atoms with E-state index in [-0.39, 0.29) is 30.3 Å². The number of amides is 1. The standard InChI is InChI=1S/C20H28N2O5S/c1-3-26-19(24)14-7-9-22(10-8-14)11-16(23)21-18-17(20(25)27-4-2)15(12-28-18)13-5-6-13/h12-14H,3-11H2,1-2H3,(H,21,23). The van der Waals surface area contributed by atoms with Crippen molar-refractivity contribution in [1.82, 2.24) is 4.90 Å². The average molecular weight is 409 g/mol. The molecule has 0 spiro atoms. The predicted octanol–water partition coefficient (Wildman–Crippen LogP) is 3.02. The summed E-state index contributed by atoms with van der Waals surface area (Å²) in [5.41, 5.74) is 1.51. The van der Waals surface area contributed by atoms with Crippen LogP contribution in [0.3, 0.4) is 0 Å². The van der Waals surface area contributed by atoms with Gasteiger partial charge in [0.25, 0.3) is 0 Å². The van der Waals surface area contributed by atoms with E-state index in [0.717, 1.165) is 18.4 Å². The molecule has 1 amide bonds. The highest BCUT2D eigenvalue weighted by atomic mass is 32.1. The fourth-order valence-corrected chi connectivity index (χ4v) is 4.57. The lowest BCUT2D eigenvalue weighted by Crippen LogP contribution is -2.41. The first kappa shape index (κ1) is 20.8. The van der Waals surface area contributed by atoms with Gasteiger partial charge in [0.15, 0.2) is 0 Å². The summed E-state index contributed by atoms with van der Waals surface area (Å²) >= 11 is 1.39. The van der Waals surface area contributed by atoms with E-state index < -0.39 is 0 Å². The van der Waals surface area contributed by atoms with Gasteiger partial charge in [0.2, 0.25) is 5.91 Å². The molecule has 0 atom stereocenters. The molecule has 1 aromatic rings. The second-order valence-electron chi connectivity index (χ2n) is 7.24.